The summed E-state index contributed by atoms with van der Waals surface area (Å²) in [5, 5.41) is 7.65. The van der Waals surface area contributed by atoms with E-state index >= 15 is 0 Å². The summed E-state index contributed by atoms with van der Waals surface area (Å²) < 4.78 is 28.5. The fourth-order valence-electron chi connectivity index (χ4n) is 4.50. The topological polar surface area (TPSA) is 61.8 Å². The molecule has 0 aliphatic carbocycles. The second kappa shape index (κ2) is 8.99. The van der Waals surface area contributed by atoms with E-state index in [0.29, 0.717) is 28.7 Å². The predicted molar refractivity (Wildman–Crippen MR) is 130 cm³/mol. The Morgan fingerprint density at radius 2 is 1.68 bits per heavy atom. The molecule has 0 N–H and O–H groups in total. The van der Waals surface area contributed by atoms with Gasteiger partial charge in [0.25, 0.3) is 0 Å². The lowest BCUT2D eigenvalue weighted by Gasteiger charge is -2.38. The summed E-state index contributed by atoms with van der Waals surface area (Å²) in [7, 11) is 6.43. The fraction of sp³-hybridized carbons (Fsp3) is 0.269. The highest BCUT2D eigenvalue weighted by Crippen LogP contribution is 2.50. The number of methoxy groups -OCH3 is 4. The zero-order valence-corrected chi connectivity index (χ0v) is 20.1. The predicted octanol–water partition coefficient (Wildman–Crippen LogP) is 5.62. The molecule has 2 aliphatic heterocycles. The zero-order chi connectivity index (χ0) is 23.8. The molecule has 2 heterocycles. The van der Waals surface area contributed by atoms with Crippen molar-refractivity contribution >= 4 is 17.3 Å². The molecular weight excluding hydrogens is 456 g/mol. The molecule has 0 radical (unpaired) electrons. The number of rotatable bonds is 6. The Morgan fingerprint density at radius 1 is 0.912 bits per heavy atom. The maximum absolute atomic E-state index is 6.47. The monoisotopic (exact) mass is 480 g/mol. The van der Waals surface area contributed by atoms with E-state index in [1.807, 2.05) is 59.6 Å². The average molecular weight is 481 g/mol. The molecule has 0 saturated carbocycles. The van der Waals surface area contributed by atoms with Crippen LogP contribution in [0.15, 0.2) is 59.7 Å². The number of hydrogen-bond acceptors (Lipinski definition) is 7. The third kappa shape index (κ3) is 3.76. The Morgan fingerprint density at radius 3 is 2.35 bits per heavy atom. The van der Waals surface area contributed by atoms with Crippen molar-refractivity contribution in [3.05, 3.63) is 76.3 Å². The van der Waals surface area contributed by atoms with Crippen LogP contribution in [0, 0.1) is 0 Å². The molecule has 34 heavy (non-hydrogen) atoms. The van der Waals surface area contributed by atoms with E-state index in [2.05, 4.69) is 0 Å². The first-order chi connectivity index (χ1) is 16.6. The van der Waals surface area contributed by atoms with Gasteiger partial charge in [0.1, 0.15) is 11.5 Å². The standard InChI is InChI=1S/C26H25ClN2O5/c1-30-18-7-5-6-15(10-18)20-14-21-19-13-17(27)8-9-22(19)34-26(29(21)28-20)16-11-23(31-2)25(33-4)24(12-16)32-3/h5-13,21,26H,14H2,1-4H3/t21-,26+/m1/s1. The number of hydrogen-bond donors (Lipinski definition) is 0. The van der Waals surface area contributed by atoms with Gasteiger partial charge < -0.3 is 23.7 Å². The lowest BCUT2D eigenvalue weighted by Crippen LogP contribution is -2.33. The molecular formula is C26H25ClN2O5. The van der Waals surface area contributed by atoms with Gasteiger partial charge in [0.15, 0.2) is 11.5 Å². The molecule has 176 valence electrons. The molecule has 0 saturated heterocycles. The van der Waals surface area contributed by atoms with Crippen LogP contribution in [0.25, 0.3) is 0 Å². The second-order valence-corrected chi connectivity index (χ2v) is 8.43. The van der Waals surface area contributed by atoms with E-state index in [1.165, 1.54) is 0 Å². The van der Waals surface area contributed by atoms with Crippen molar-refractivity contribution < 1.29 is 23.7 Å². The highest BCUT2D eigenvalue weighted by molar-refractivity contribution is 6.30. The Hall–Kier alpha value is -3.58. The summed E-state index contributed by atoms with van der Waals surface area (Å²) in [6, 6.07) is 17.3. The van der Waals surface area contributed by atoms with Gasteiger partial charge in [0, 0.05) is 28.1 Å². The molecule has 2 atom stereocenters. The van der Waals surface area contributed by atoms with E-state index in [9.17, 15) is 0 Å². The van der Waals surface area contributed by atoms with Crippen LogP contribution >= 0.6 is 11.6 Å². The minimum absolute atomic E-state index is 0.0484. The first-order valence-corrected chi connectivity index (χ1v) is 11.2. The molecule has 0 aromatic heterocycles. The second-order valence-electron chi connectivity index (χ2n) is 7.99. The quantitative estimate of drug-likeness (QED) is 0.456. The molecule has 5 rings (SSSR count). The first kappa shape index (κ1) is 22.2. The third-order valence-corrected chi connectivity index (χ3v) is 6.36. The Kier molecular flexibility index (Phi) is 5.87. The van der Waals surface area contributed by atoms with Crippen molar-refractivity contribution in [3.8, 4) is 28.7 Å². The van der Waals surface area contributed by atoms with Gasteiger partial charge >= 0.3 is 0 Å². The average Bonchev–Trinajstić information content (AvgIpc) is 3.33. The molecule has 2 aliphatic rings. The van der Waals surface area contributed by atoms with Crippen LogP contribution in [0.5, 0.6) is 28.7 Å². The van der Waals surface area contributed by atoms with Crippen LogP contribution in [-0.2, 0) is 0 Å². The summed E-state index contributed by atoms with van der Waals surface area (Å²) in [6.45, 7) is 0. The summed E-state index contributed by atoms with van der Waals surface area (Å²) in [6.07, 6.45) is 0.195. The molecule has 8 heteroatoms. The molecule has 0 unspecified atom stereocenters. The molecule has 3 aromatic carbocycles. The van der Waals surface area contributed by atoms with Crippen LogP contribution in [0.4, 0.5) is 0 Å². The largest absolute Gasteiger partial charge is 0.497 e. The Bertz CT molecular complexity index is 1240. The molecule has 0 amide bonds. The highest BCUT2D eigenvalue weighted by atomic mass is 35.5. The van der Waals surface area contributed by atoms with Crippen molar-refractivity contribution in [2.45, 2.75) is 18.7 Å². The van der Waals surface area contributed by atoms with Gasteiger partial charge in [0.05, 0.1) is 40.2 Å². The maximum Gasteiger partial charge on any atom is 0.214 e. The van der Waals surface area contributed by atoms with Crippen molar-refractivity contribution in [2.24, 2.45) is 5.10 Å². The van der Waals surface area contributed by atoms with Crippen LogP contribution in [0.1, 0.15) is 35.4 Å². The summed E-state index contributed by atoms with van der Waals surface area (Å²) in [5.41, 5.74) is 3.77. The fourth-order valence-corrected chi connectivity index (χ4v) is 4.68. The van der Waals surface area contributed by atoms with Gasteiger partial charge in [0.2, 0.25) is 12.0 Å². The number of nitrogens with zero attached hydrogens (tertiary/aromatic N) is 2. The van der Waals surface area contributed by atoms with E-state index < -0.39 is 6.23 Å². The normalized spacial score (nSPS) is 18.4. The number of halogens is 1. The van der Waals surface area contributed by atoms with Crippen LogP contribution in [0.2, 0.25) is 5.02 Å². The van der Waals surface area contributed by atoms with Crippen molar-refractivity contribution in [1.29, 1.82) is 0 Å². The third-order valence-electron chi connectivity index (χ3n) is 6.13. The van der Waals surface area contributed by atoms with Gasteiger partial charge in [-0.2, -0.15) is 5.10 Å². The van der Waals surface area contributed by atoms with Crippen molar-refractivity contribution in [3.63, 3.8) is 0 Å². The van der Waals surface area contributed by atoms with Crippen molar-refractivity contribution in [2.75, 3.05) is 28.4 Å². The van der Waals surface area contributed by atoms with Gasteiger partial charge in [-0.1, -0.05) is 23.7 Å². The van der Waals surface area contributed by atoms with E-state index in [1.54, 1.807) is 28.4 Å². The first-order valence-electron chi connectivity index (χ1n) is 10.8. The molecule has 0 fully saturated rings. The lowest BCUT2D eigenvalue weighted by molar-refractivity contribution is -0.0192. The van der Waals surface area contributed by atoms with Crippen LogP contribution in [0.3, 0.4) is 0 Å². The highest BCUT2D eigenvalue weighted by Gasteiger charge is 2.41. The van der Waals surface area contributed by atoms with E-state index in [4.69, 9.17) is 40.4 Å². The molecule has 0 bridgehead atoms. The van der Waals surface area contributed by atoms with Gasteiger partial charge in [-0.05, 0) is 42.5 Å². The SMILES string of the molecule is COc1cccc(C2=NN3[C@H](C2)c2cc(Cl)ccc2O[C@H]3c2cc(OC)c(OC)c(OC)c2)c1. The zero-order valence-electron chi connectivity index (χ0n) is 19.4. The molecule has 7 nitrogen and oxygen atoms in total. The number of hydrazone groups is 1. The summed E-state index contributed by atoms with van der Waals surface area (Å²) >= 11 is 6.35. The maximum atomic E-state index is 6.47. The molecule has 3 aromatic rings. The van der Waals surface area contributed by atoms with E-state index in [0.717, 1.165) is 33.9 Å². The van der Waals surface area contributed by atoms with Crippen LogP contribution in [-0.4, -0.2) is 39.2 Å². The lowest BCUT2D eigenvalue weighted by atomic mass is 9.95. The molecule has 0 spiro atoms. The number of benzene rings is 3. The Balaban J connectivity index is 1.63. The minimum Gasteiger partial charge on any atom is -0.497 e. The summed E-state index contributed by atoms with van der Waals surface area (Å²) in [5.74, 6) is 3.18. The number of fused-ring (bicyclic) bond motifs is 3. The van der Waals surface area contributed by atoms with Gasteiger partial charge in [-0.25, -0.2) is 5.01 Å². The van der Waals surface area contributed by atoms with Gasteiger partial charge in [-0.3, -0.25) is 0 Å². The van der Waals surface area contributed by atoms with Crippen LogP contribution < -0.4 is 23.7 Å². The van der Waals surface area contributed by atoms with E-state index in [-0.39, 0.29) is 6.04 Å². The van der Waals surface area contributed by atoms with Crippen molar-refractivity contribution in [1.82, 2.24) is 5.01 Å². The smallest absolute Gasteiger partial charge is 0.214 e. The van der Waals surface area contributed by atoms with Gasteiger partial charge in [-0.15, -0.1) is 0 Å². The number of ether oxygens (including phenoxy) is 5. The Labute approximate surface area is 203 Å². The minimum atomic E-state index is -0.504. The summed E-state index contributed by atoms with van der Waals surface area (Å²) in [4.78, 5) is 0.